The highest BCUT2D eigenvalue weighted by atomic mass is 16.5. The number of anilines is 3. The maximum absolute atomic E-state index is 12.6. The molecule has 0 aliphatic carbocycles. The zero-order valence-electron chi connectivity index (χ0n) is 20.3. The van der Waals surface area contributed by atoms with Gasteiger partial charge in [-0.1, -0.05) is 25.9 Å². The molecular weight excluding hydrogens is 448 g/mol. The summed E-state index contributed by atoms with van der Waals surface area (Å²) >= 11 is 0. The van der Waals surface area contributed by atoms with Gasteiger partial charge in [0.15, 0.2) is 5.82 Å². The van der Waals surface area contributed by atoms with Crippen molar-refractivity contribution < 1.29 is 18.8 Å². The van der Waals surface area contributed by atoms with Gasteiger partial charge < -0.3 is 19.9 Å². The van der Waals surface area contributed by atoms with Crippen molar-refractivity contribution in [1.29, 1.82) is 0 Å². The molecule has 1 aliphatic rings. The Hall–Kier alpha value is -3.92. The first-order valence-corrected chi connectivity index (χ1v) is 11.5. The number of amides is 3. The Kier molecular flexibility index (Phi) is 7.02. The first kappa shape index (κ1) is 24.2. The standard InChI is InChI=1S/C25H30N6O4/c1-25(2,3)21-13-22(30-35-21)29-24(33)31(4)17-7-5-16(6-8-17)28-23(32)20-10-9-18(15-27-20)34-19-11-12-26-14-19/h5-10,13,15,19,26H,11-12,14H2,1-4H3,(H,28,32)(H,29,30,33). The molecule has 1 aliphatic heterocycles. The minimum atomic E-state index is -0.365. The van der Waals surface area contributed by atoms with Crippen molar-refractivity contribution in [2.24, 2.45) is 0 Å². The number of ether oxygens (including phenoxy) is 1. The van der Waals surface area contributed by atoms with Gasteiger partial charge in [-0.15, -0.1) is 0 Å². The highest BCUT2D eigenvalue weighted by Crippen LogP contribution is 2.25. The molecule has 0 saturated carbocycles. The summed E-state index contributed by atoms with van der Waals surface area (Å²) in [5, 5.41) is 12.7. The molecule has 3 amide bonds. The number of rotatable bonds is 6. The number of benzene rings is 1. The van der Waals surface area contributed by atoms with E-state index < -0.39 is 0 Å². The second-order valence-electron chi connectivity index (χ2n) is 9.43. The van der Waals surface area contributed by atoms with Gasteiger partial charge in [-0.2, -0.15) is 0 Å². The van der Waals surface area contributed by atoms with Gasteiger partial charge in [0.1, 0.15) is 23.3 Å². The van der Waals surface area contributed by atoms with Crippen LogP contribution in [0.1, 0.15) is 43.4 Å². The molecule has 2 aromatic heterocycles. The van der Waals surface area contributed by atoms with Gasteiger partial charge in [-0.25, -0.2) is 9.78 Å². The number of nitrogens with one attached hydrogen (secondary N) is 3. The van der Waals surface area contributed by atoms with Crippen molar-refractivity contribution in [2.45, 2.75) is 38.7 Å². The van der Waals surface area contributed by atoms with Gasteiger partial charge >= 0.3 is 6.03 Å². The number of nitrogens with zero attached hydrogens (tertiary/aromatic N) is 3. The van der Waals surface area contributed by atoms with Crippen molar-refractivity contribution >= 4 is 29.1 Å². The van der Waals surface area contributed by atoms with E-state index >= 15 is 0 Å². The van der Waals surface area contributed by atoms with E-state index in [1.807, 2.05) is 20.8 Å². The molecule has 10 heteroatoms. The maximum Gasteiger partial charge on any atom is 0.327 e. The molecule has 10 nitrogen and oxygen atoms in total. The van der Waals surface area contributed by atoms with Gasteiger partial charge in [0, 0.05) is 36.4 Å². The fourth-order valence-corrected chi connectivity index (χ4v) is 3.47. The Morgan fingerprint density at radius 3 is 2.51 bits per heavy atom. The van der Waals surface area contributed by atoms with Crippen LogP contribution in [0, 0.1) is 0 Å². The molecular formula is C25H30N6O4. The van der Waals surface area contributed by atoms with E-state index in [2.05, 4.69) is 26.1 Å². The average molecular weight is 479 g/mol. The number of hydrogen-bond acceptors (Lipinski definition) is 7. The number of urea groups is 1. The summed E-state index contributed by atoms with van der Waals surface area (Å²) in [7, 11) is 1.64. The Morgan fingerprint density at radius 2 is 1.91 bits per heavy atom. The molecule has 184 valence electrons. The molecule has 3 N–H and O–H groups in total. The summed E-state index contributed by atoms with van der Waals surface area (Å²) in [5.74, 6) is 1.33. The minimum Gasteiger partial charge on any atom is -0.487 e. The predicted octanol–water partition coefficient (Wildman–Crippen LogP) is 4.03. The van der Waals surface area contributed by atoms with Crippen LogP contribution in [0.15, 0.2) is 53.2 Å². The van der Waals surface area contributed by atoms with E-state index in [4.69, 9.17) is 9.26 Å². The lowest BCUT2D eigenvalue weighted by Gasteiger charge is -2.17. The number of hydrogen-bond donors (Lipinski definition) is 3. The highest BCUT2D eigenvalue weighted by molar-refractivity contribution is 6.03. The Balaban J connectivity index is 1.31. The van der Waals surface area contributed by atoms with E-state index in [0.29, 0.717) is 28.7 Å². The predicted molar refractivity (Wildman–Crippen MR) is 133 cm³/mol. The number of aromatic nitrogens is 2. The van der Waals surface area contributed by atoms with Gasteiger partial charge in [0.2, 0.25) is 0 Å². The topological polar surface area (TPSA) is 122 Å². The van der Waals surface area contributed by atoms with E-state index in [1.165, 1.54) is 4.90 Å². The molecule has 1 aromatic carbocycles. The number of carbonyl (C=O) groups is 2. The van der Waals surface area contributed by atoms with Crippen LogP contribution in [0.3, 0.4) is 0 Å². The monoisotopic (exact) mass is 478 g/mol. The molecule has 1 atom stereocenters. The third-order valence-corrected chi connectivity index (χ3v) is 5.59. The second-order valence-corrected chi connectivity index (χ2v) is 9.43. The van der Waals surface area contributed by atoms with Crippen molar-refractivity contribution in [3.8, 4) is 5.75 Å². The van der Waals surface area contributed by atoms with Crippen molar-refractivity contribution in [2.75, 3.05) is 35.7 Å². The van der Waals surface area contributed by atoms with Gasteiger partial charge in [0.05, 0.1) is 6.20 Å². The molecule has 0 bridgehead atoms. The first-order chi connectivity index (χ1) is 16.7. The van der Waals surface area contributed by atoms with Crippen LogP contribution in [0.4, 0.5) is 22.0 Å². The summed E-state index contributed by atoms with van der Waals surface area (Å²) in [4.78, 5) is 30.8. The molecule has 0 radical (unpaired) electrons. The smallest absolute Gasteiger partial charge is 0.327 e. The van der Waals surface area contributed by atoms with Crippen LogP contribution >= 0.6 is 0 Å². The summed E-state index contributed by atoms with van der Waals surface area (Å²) in [6.45, 7) is 7.76. The normalized spacial score (nSPS) is 15.5. The van der Waals surface area contributed by atoms with Crippen LogP contribution < -0.4 is 25.6 Å². The van der Waals surface area contributed by atoms with Crippen LogP contribution in [0.5, 0.6) is 5.75 Å². The van der Waals surface area contributed by atoms with Gasteiger partial charge in [-0.3, -0.25) is 15.0 Å². The van der Waals surface area contributed by atoms with Crippen LogP contribution in [0.2, 0.25) is 0 Å². The van der Waals surface area contributed by atoms with Crippen LogP contribution in [0.25, 0.3) is 0 Å². The maximum atomic E-state index is 12.6. The average Bonchev–Trinajstić information content (AvgIpc) is 3.52. The molecule has 1 saturated heterocycles. The van der Waals surface area contributed by atoms with E-state index in [9.17, 15) is 9.59 Å². The molecule has 4 rings (SSSR count). The summed E-state index contributed by atoms with van der Waals surface area (Å²) in [5.41, 5.74) is 1.30. The Bertz CT molecular complexity index is 1160. The number of carbonyl (C=O) groups excluding carboxylic acids is 2. The molecule has 35 heavy (non-hydrogen) atoms. The molecule has 3 heterocycles. The van der Waals surface area contributed by atoms with Gasteiger partial charge in [0.25, 0.3) is 5.91 Å². The third-order valence-electron chi connectivity index (χ3n) is 5.59. The van der Waals surface area contributed by atoms with Crippen LogP contribution in [-0.2, 0) is 5.41 Å². The van der Waals surface area contributed by atoms with Crippen molar-refractivity contribution in [1.82, 2.24) is 15.5 Å². The van der Waals surface area contributed by atoms with Crippen LogP contribution in [-0.4, -0.2) is 48.3 Å². The lowest BCUT2D eigenvalue weighted by atomic mass is 9.93. The molecule has 3 aromatic rings. The molecule has 1 unspecified atom stereocenters. The minimum absolute atomic E-state index is 0.132. The molecule has 1 fully saturated rings. The quantitative estimate of drug-likeness (QED) is 0.489. The highest BCUT2D eigenvalue weighted by Gasteiger charge is 2.21. The Labute approximate surface area is 204 Å². The van der Waals surface area contributed by atoms with E-state index in [-0.39, 0.29) is 29.2 Å². The first-order valence-electron chi connectivity index (χ1n) is 11.5. The fourth-order valence-electron chi connectivity index (χ4n) is 3.47. The third kappa shape index (κ3) is 6.15. The van der Waals surface area contributed by atoms with Crippen molar-refractivity contribution in [3.63, 3.8) is 0 Å². The SMILES string of the molecule is CN(C(=O)Nc1cc(C(C)(C)C)on1)c1ccc(NC(=O)c2ccc(OC3CCNC3)cn2)cc1. The summed E-state index contributed by atoms with van der Waals surface area (Å²) in [6.07, 6.45) is 2.64. The largest absolute Gasteiger partial charge is 0.487 e. The molecule has 0 spiro atoms. The fraction of sp³-hybridized carbons (Fsp3) is 0.360. The van der Waals surface area contributed by atoms with Gasteiger partial charge in [-0.05, 0) is 49.4 Å². The lowest BCUT2D eigenvalue weighted by Crippen LogP contribution is -2.31. The lowest BCUT2D eigenvalue weighted by molar-refractivity contribution is 0.102. The summed E-state index contributed by atoms with van der Waals surface area (Å²) < 4.78 is 11.1. The van der Waals surface area contributed by atoms with E-state index in [0.717, 1.165) is 19.5 Å². The number of pyridine rings is 1. The summed E-state index contributed by atoms with van der Waals surface area (Å²) in [6, 6.07) is 11.6. The Morgan fingerprint density at radius 1 is 1.14 bits per heavy atom. The van der Waals surface area contributed by atoms with Crippen molar-refractivity contribution in [3.05, 3.63) is 60.1 Å². The zero-order valence-corrected chi connectivity index (χ0v) is 20.3. The zero-order chi connectivity index (χ0) is 25.0. The van der Waals surface area contributed by atoms with E-state index in [1.54, 1.807) is 55.7 Å². The second kappa shape index (κ2) is 10.1.